The first-order valence-corrected chi connectivity index (χ1v) is 5.43. The number of methoxy groups -OCH3 is 1. The summed E-state index contributed by atoms with van der Waals surface area (Å²) in [5.74, 6) is 0.699. The molecule has 0 fully saturated rings. The maximum atomic E-state index is 11.8. The Labute approximate surface area is 83.2 Å². The largest absolute Gasteiger partial charge is 0.468 e. The number of ether oxygens (including phenoxy) is 1. The molecule has 1 unspecified atom stereocenters. The monoisotopic (exact) mass is 208 g/mol. The van der Waals surface area contributed by atoms with Crippen molar-refractivity contribution in [2.75, 3.05) is 19.5 Å². The Bertz CT molecular complexity index is 151. The molecule has 0 amide bonds. The Morgan fingerprint density at radius 3 is 2.54 bits per heavy atom. The summed E-state index contributed by atoms with van der Waals surface area (Å²) in [4.78, 5) is 11.2. The maximum Gasteiger partial charge on any atom is 0.319 e. The zero-order valence-electron chi connectivity index (χ0n) is 8.38. The highest BCUT2D eigenvalue weighted by Gasteiger charge is 2.22. The summed E-state index contributed by atoms with van der Waals surface area (Å²) < 4.78 is 16.4. The number of rotatable bonds is 6. The number of hydrogen-bond donors (Lipinski definition) is 0. The van der Waals surface area contributed by atoms with E-state index in [4.69, 9.17) is 0 Å². The zero-order chi connectivity index (χ0) is 10.3. The molecule has 13 heavy (non-hydrogen) atoms. The molecule has 78 valence electrons. The number of carbonyl (C=O) groups excluding carboxylic acids is 1. The number of thioether (sulfide) groups is 1. The van der Waals surface area contributed by atoms with Gasteiger partial charge in [0, 0.05) is 0 Å². The van der Waals surface area contributed by atoms with Gasteiger partial charge in [0.1, 0.15) is 5.25 Å². The van der Waals surface area contributed by atoms with Crippen LogP contribution in [0.5, 0.6) is 0 Å². The normalized spacial score (nSPS) is 13.0. The fourth-order valence-corrected chi connectivity index (χ4v) is 2.06. The lowest BCUT2D eigenvalue weighted by Gasteiger charge is -2.17. The molecule has 0 aromatic rings. The Balaban J connectivity index is 3.88. The molecule has 0 saturated heterocycles. The second kappa shape index (κ2) is 7.18. The van der Waals surface area contributed by atoms with E-state index in [0.29, 0.717) is 12.2 Å². The smallest absolute Gasteiger partial charge is 0.319 e. The van der Waals surface area contributed by atoms with Crippen LogP contribution in [0.2, 0.25) is 0 Å². The first-order valence-electron chi connectivity index (χ1n) is 4.38. The van der Waals surface area contributed by atoms with Crippen LogP contribution >= 0.6 is 11.8 Å². The van der Waals surface area contributed by atoms with Crippen LogP contribution in [0.25, 0.3) is 0 Å². The van der Waals surface area contributed by atoms with E-state index < -0.39 is 0 Å². The van der Waals surface area contributed by atoms with Gasteiger partial charge in [0.05, 0.1) is 13.8 Å². The van der Waals surface area contributed by atoms with Crippen molar-refractivity contribution in [2.24, 2.45) is 5.92 Å². The third-order valence-corrected chi connectivity index (χ3v) is 3.23. The third-order valence-electron chi connectivity index (χ3n) is 1.61. The summed E-state index contributed by atoms with van der Waals surface area (Å²) in [5.41, 5.74) is 0. The molecular formula is C9H17FO2S. The summed E-state index contributed by atoms with van der Waals surface area (Å²) >= 11 is 1.47. The highest BCUT2D eigenvalue weighted by Crippen LogP contribution is 2.21. The molecule has 0 aromatic heterocycles. The minimum absolute atomic E-state index is 0.156. The molecule has 0 N–H and O–H groups in total. The van der Waals surface area contributed by atoms with Crippen LogP contribution in [0.15, 0.2) is 0 Å². The minimum Gasteiger partial charge on any atom is -0.468 e. The number of alkyl halides is 1. The summed E-state index contributed by atoms with van der Waals surface area (Å²) in [6.07, 6.45) is 0.505. The van der Waals surface area contributed by atoms with Crippen molar-refractivity contribution in [3.8, 4) is 0 Å². The second-order valence-electron chi connectivity index (χ2n) is 3.10. The van der Waals surface area contributed by atoms with Crippen molar-refractivity contribution in [3.05, 3.63) is 0 Å². The first-order chi connectivity index (χ1) is 6.13. The Morgan fingerprint density at radius 1 is 1.54 bits per heavy atom. The fourth-order valence-electron chi connectivity index (χ4n) is 0.914. The lowest BCUT2D eigenvalue weighted by atomic mass is 10.1. The summed E-state index contributed by atoms with van der Waals surface area (Å²) in [6, 6.07) is 0. The topological polar surface area (TPSA) is 26.3 Å². The minimum atomic E-state index is -0.320. The number of hydrogen-bond acceptors (Lipinski definition) is 3. The lowest BCUT2D eigenvalue weighted by molar-refractivity contribution is -0.140. The van der Waals surface area contributed by atoms with Crippen molar-refractivity contribution < 1.29 is 13.9 Å². The van der Waals surface area contributed by atoms with Crippen molar-refractivity contribution in [1.82, 2.24) is 0 Å². The van der Waals surface area contributed by atoms with Gasteiger partial charge in [0.2, 0.25) is 0 Å². The molecule has 4 heteroatoms. The molecule has 0 rings (SSSR count). The van der Waals surface area contributed by atoms with E-state index in [1.165, 1.54) is 18.9 Å². The Morgan fingerprint density at radius 2 is 2.15 bits per heavy atom. The van der Waals surface area contributed by atoms with Gasteiger partial charge >= 0.3 is 5.97 Å². The summed E-state index contributed by atoms with van der Waals surface area (Å²) in [5, 5.41) is -0.156. The van der Waals surface area contributed by atoms with E-state index >= 15 is 0 Å². The highest BCUT2D eigenvalue weighted by molar-refractivity contribution is 8.00. The average molecular weight is 208 g/mol. The maximum absolute atomic E-state index is 11.8. The van der Waals surface area contributed by atoms with Crippen LogP contribution < -0.4 is 0 Å². The third kappa shape index (κ3) is 5.13. The van der Waals surface area contributed by atoms with Gasteiger partial charge in [0.15, 0.2) is 0 Å². The van der Waals surface area contributed by atoms with Gasteiger partial charge in [-0.15, -0.1) is 11.8 Å². The van der Waals surface area contributed by atoms with Gasteiger partial charge in [0.25, 0.3) is 0 Å². The van der Waals surface area contributed by atoms with E-state index in [2.05, 4.69) is 4.74 Å². The fraction of sp³-hybridized carbons (Fsp3) is 0.889. The summed E-state index contributed by atoms with van der Waals surface area (Å²) in [7, 11) is 1.38. The molecule has 0 heterocycles. The van der Waals surface area contributed by atoms with Crippen LogP contribution in [0, 0.1) is 5.92 Å². The quantitative estimate of drug-likeness (QED) is 0.495. The van der Waals surface area contributed by atoms with E-state index in [-0.39, 0.29) is 23.8 Å². The van der Waals surface area contributed by atoms with Gasteiger partial charge in [-0.25, -0.2) is 0 Å². The molecule has 0 aliphatic heterocycles. The van der Waals surface area contributed by atoms with E-state index in [1.54, 1.807) is 0 Å². The Hall–Kier alpha value is -0.250. The van der Waals surface area contributed by atoms with Crippen LogP contribution in [0.4, 0.5) is 4.39 Å². The van der Waals surface area contributed by atoms with Crippen LogP contribution in [0.1, 0.15) is 20.3 Å². The molecule has 1 atom stereocenters. The average Bonchev–Trinajstić information content (AvgIpc) is 2.11. The van der Waals surface area contributed by atoms with Crippen LogP contribution in [-0.2, 0) is 9.53 Å². The number of halogens is 1. The van der Waals surface area contributed by atoms with Crippen LogP contribution in [-0.4, -0.2) is 30.8 Å². The molecule has 2 nitrogen and oxygen atoms in total. The second-order valence-corrected chi connectivity index (χ2v) is 4.35. The first kappa shape index (κ1) is 12.8. The predicted molar refractivity (Wildman–Crippen MR) is 53.7 cm³/mol. The molecule has 0 aliphatic carbocycles. The van der Waals surface area contributed by atoms with Crippen LogP contribution in [0.3, 0.4) is 0 Å². The predicted octanol–water partition coefficient (Wildman–Crippen LogP) is 2.28. The molecule has 0 aliphatic rings. The van der Waals surface area contributed by atoms with Crippen molar-refractivity contribution in [2.45, 2.75) is 25.5 Å². The standard InChI is InChI=1S/C9H17FO2S/c1-7(2)8(9(11)12-3)13-6-4-5-10/h7-8H,4-6H2,1-3H3. The number of carbonyl (C=O) groups is 1. The molecule has 0 radical (unpaired) electrons. The van der Waals surface area contributed by atoms with Gasteiger partial charge in [-0.2, -0.15) is 0 Å². The SMILES string of the molecule is COC(=O)C(SCCCF)C(C)C. The molecule has 0 saturated carbocycles. The Kier molecular flexibility index (Phi) is 7.04. The molecule has 0 bridgehead atoms. The van der Waals surface area contributed by atoms with E-state index in [9.17, 15) is 9.18 Å². The molecule has 0 spiro atoms. The van der Waals surface area contributed by atoms with E-state index in [1.807, 2.05) is 13.8 Å². The zero-order valence-corrected chi connectivity index (χ0v) is 9.20. The lowest BCUT2D eigenvalue weighted by Crippen LogP contribution is -2.24. The molecular weight excluding hydrogens is 191 g/mol. The highest BCUT2D eigenvalue weighted by atomic mass is 32.2. The van der Waals surface area contributed by atoms with E-state index in [0.717, 1.165) is 0 Å². The van der Waals surface area contributed by atoms with Gasteiger partial charge in [-0.1, -0.05) is 13.8 Å². The summed E-state index contributed by atoms with van der Waals surface area (Å²) in [6.45, 7) is 3.60. The van der Waals surface area contributed by atoms with Crippen molar-refractivity contribution in [1.29, 1.82) is 0 Å². The van der Waals surface area contributed by atoms with Gasteiger partial charge in [-0.3, -0.25) is 9.18 Å². The van der Waals surface area contributed by atoms with Crippen molar-refractivity contribution >= 4 is 17.7 Å². The van der Waals surface area contributed by atoms with Gasteiger partial charge in [-0.05, 0) is 18.1 Å². The van der Waals surface area contributed by atoms with Crippen molar-refractivity contribution in [3.63, 3.8) is 0 Å². The van der Waals surface area contributed by atoms with Gasteiger partial charge < -0.3 is 4.74 Å². The molecule has 0 aromatic carbocycles. The number of esters is 1.